The maximum Gasteiger partial charge on any atom is 0.287 e. The molecule has 1 atom stereocenters. The van der Waals surface area contributed by atoms with Crippen LogP contribution < -0.4 is 11.3 Å². The molecule has 2 heterocycles. The third kappa shape index (κ3) is 4.37. The highest BCUT2D eigenvalue weighted by Gasteiger charge is 2.26. The lowest BCUT2D eigenvalue weighted by atomic mass is 10.0. The summed E-state index contributed by atoms with van der Waals surface area (Å²) in [6, 6.07) is 0.315. The van der Waals surface area contributed by atoms with Crippen molar-refractivity contribution in [1.82, 2.24) is 9.47 Å². The van der Waals surface area contributed by atoms with Crippen LogP contribution in [0, 0.1) is 11.7 Å². The zero-order chi connectivity index (χ0) is 17.1. The second kappa shape index (κ2) is 7.21. The van der Waals surface area contributed by atoms with Gasteiger partial charge in [-0.05, 0) is 30.4 Å². The van der Waals surface area contributed by atoms with Crippen molar-refractivity contribution in [3.8, 4) is 0 Å². The largest absolute Gasteiger partial charge is 0.368 e. The van der Waals surface area contributed by atoms with E-state index in [2.05, 4.69) is 0 Å². The van der Waals surface area contributed by atoms with Gasteiger partial charge in [0.2, 0.25) is 5.91 Å². The smallest absolute Gasteiger partial charge is 0.287 e. The summed E-state index contributed by atoms with van der Waals surface area (Å²) in [5.74, 6) is -1.42. The lowest BCUT2D eigenvalue weighted by Crippen LogP contribution is -2.49. The first-order valence-electron chi connectivity index (χ1n) is 7.84. The van der Waals surface area contributed by atoms with Crippen LogP contribution in [0.5, 0.6) is 0 Å². The highest BCUT2D eigenvalue weighted by Crippen LogP contribution is 2.18. The van der Waals surface area contributed by atoms with Crippen LogP contribution in [0.1, 0.15) is 31.9 Å². The summed E-state index contributed by atoms with van der Waals surface area (Å²) >= 11 is 0. The number of aromatic nitrogens is 1. The SMILES string of the molecule is CC(C)CC(C(N)=O)n1cc(CCN2CC(F)C2)cc(F)c1=O. The average Bonchev–Trinajstić information content (AvgIpc) is 2.43. The van der Waals surface area contributed by atoms with Crippen LogP contribution in [0.15, 0.2) is 17.1 Å². The molecule has 1 amide bonds. The van der Waals surface area contributed by atoms with Crippen molar-refractivity contribution in [1.29, 1.82) is 0 Å². The standard InChI is InChI=1S/C16H23F2N3O2/c1-10(2)5-14(15(19)22)21-7-11(6-13(18)16(21)23)3-4-20-8-12(17)9-20/h6-7,10,12,14H,3-5,8-9H2,1-2H3,(H2,19,22). The van der Waals surface area contributed by atoms with Crippen molar-refractivity contribution in [2.75, 3.05) is 19.6 Å². The number of nitrogens with two attached hydrogens (primary N) is 1. The molecule has 0 aromatic carbocycles. The Labute approximate surface area is 134 Å². The Balaban J connectivity index is 2.20. The van der Waals surface area contributed by atoms with Crippen molar-refractivity contribution in [2.45, 2.75) is 38.9 Å². The number of amides is 1. The molecule has 2 N–H and O–H groups in total. The quantitative estimate of drug-likeness (QED) is 0.820. The highest BCUT2D eigenvalue weighted by molar-refractivity contribution is 5.78. The minimum Gasteiger partial charge on any atom is -0.368 e. The molecule has 0 radical (unpaired) electrons. The average molecular weight is 327 g/mol. The fourth-order valence-electron chi connectivity index (χ4n) is 2.78. The van der Waals surface area contributed by atoms with Gasteiger partial charge in [-0.25, -0.2) is 8.78 Å². The molecule has 1 saturated heterocycles. The number of likely N-dealkylation sites (tertiary alicyclic amines) is 1. The molecule has 0 bridgehead atoms. The van der Waals surface area contributed by atoms with Gasteiger partial charge >= 0.3 is 0 Å². The van der Waals surface area contributed by atoms with Gasteiger partial charge in [0, 0.05) is 25.8 Å². The molecule has 0 aliphatic carbocycles. The Morgan fingerprint density at radius 1 is 1.43 bits per heavy atom. The Morgan fingerprint density at radius 3 is 2.61 bits per heavy atom. The minimum atomic E-state index is -0.899. The number of primary amides is 1. The fraction of sp³-hybridized carbons (Fsp3) is 0.625. The minimum absolute atomic E-state index is 0.133. The molecule has 23 heavy (non-hydrogen) atoms. The van der Waals surface area contributed by atoms with Crippen LogP contribution in [-0.2, 0) is 11.2 Å². The van der Waals surface area contributed by atoms with Crippen LogP contribution >= 0.6 is 0 Å². The van der Waals surface area contributed by atoms with Gasteiger partial charge in [0.15, 0.2) is 5.82 Å². The van der Waals surface area contributed by atoms with Gasteiger partial charge in [-0.1, -0.05) is 13.8 Å². The first-order valence-corrected chi connectivity index (χ1v) is 7.84. The lowest BCUT2D eigenvalue weighted by molar-refractivity contribution is -0.121. The van der Waals surface area contributed by atoms with E-state index in [4.69, 9.17) is 5.73 Å². The zero-order valence-electron chi connectivity index (χ0n) is 13.5. The number of alkyl halides is 1. The number of rotatable bonds is 7. The molecule has 0 saturated carbocycles. The molecular weight excluding hydrogens is 304 g/mol. The molecular formula is C16H23F2N3O2. The van der Waals surface area contributed by atoms with Crippen LogP contribution in [0.25, 0.3) is 0 Å². The van der Waals surface area contributed by atoms with E-state index in [-0.39, 0.29) is 5.92 Å². The molecule has 128 valence electrons. The molecule has 1 unspecified atom stereocenters. The van der Waals surface area contributed by atoms with E-state index in [1.165, 1.54) is 12.3 Å². The lowest BCUT2D eigenvalue weighted by Gasteiger charge is -2.34. The number of halogens is 2. The Morgan fingerprint density at radius 2 is 2.09 bits per heavy atom. The van der Waals surface area contributed by atoms with E-state index in [0.29, 0.717) is 38.0 Å². The molecule has 1 aliphatic heterocycles. The van der Waals surface area contributed by atoms with Gasteiger partial charge in [-0.2, -0.15) is 0 Å². The van der Waals surface area contributed by atoms with E-state index in [1.54, 1.807) is 0 Å². The van der Waals surface area contributed by atoms with Crippen molar-refractivity contribution >= 4 is 5.91 Å². The maximum atomic E-state index is 13.9. The molecule has 7 heteroatoms. The predicted molar refractivity (Wildman–Crippen MR) is 83.4 cm³/mol. The Kier molecular flexibility index (Phi) is 5.51. The Hall–Kier alpha value is -1.76. The summed E-state index contributed by atoms with van der Waals surface area (Å²) < 4.78 is 27.8. The van der Waals surface area contributed by atoms with Crippen molar-refractivity contribution in [3.63, 3.8) is 0 Å². The highest BCUT2D eigenvalue weighted by atomic mass is 19.1. The van der Waals surface area contributed by atoms with Gasteiger partial charge in [0.1, 0.15) is 12.2 Å². The van der Waals surface area contributed by atoms with Crippen molar-refractivity contribution < 1.29 is 13.6 Å². The topological polar surface area (TPSA) is 68.3 Å². The van der Waals surface area contributed by atoms with Crippen LogP contribution in [-0.4, -0.2) is 41.2 Å². The molecule has 2 rings (SSSR count). The van der Waals surface area contributed by atoms with Crippen LogP contribution in [0.2, 0.25) is 0 Å². The van der Waals surface area contributed by atoms with Gasteiger partial charge in [0.05, 0.1) is 0 Å². The van der Waals surface area contributed by atoms with Crippen molar-refractivity contribution in [2.24, 2.45) is 11.7 Å². The molecule has 5 nitrogen and oxygen atoms in total. The predicted octanol–water partition coefficient (Wildman–Crippen LogP) is 1.26. The normalized spacial score (nSPS) is 17.3. The van der Waals surface area contributed by atoms with Gasteiger partial charge in [0.25, 0.3) is 5.56 Å². The van der Waals surface area contributed by atoms with Gasteiger partial charge in [-0.3, -0.25) is 14.5 Å². The van der Waals surface area contributed by atoms with E-state index in [1.807, 2.05) is 18.7 Å². The molecule has 1 aromatic heterocycles. The number of carbonyl (C=O) groups excluding carboxylic acids is 1. The number of nitrogens with zero attached hydrogens (tertiary/aromatic N) is 2. The molecule has 1 aromatic rings. The summed E-state index contributed by atoms with van der Waals surface area (Å²) in [6.45, 7) is 5.17. The first kappa shape index (κ1) is 17.6. The van der Waals surface area contributed by atoms with E-state index in [9.17, 15) is 18.4 Å². The third-order valence-electron chi connectivity index (χ3n) is 4.04. The summed E-state index contributed by atoms with van der Waals surface area (Å²) in [6.07, 6.45) is 1.56. The first-order chi connectivity index (χ1) is 10.8. The number of hydrogen-bond acceptors (Lipinski definition) is 3. The van der Waals surface area contributed by atoms with Crippen LogP contribution in [0.3, 0.4) is 0 Å². The van der Waals surface area contributed by atoms with Crippen molar-refractivity contribution in [3.05, 3.63) is 34.0 Å². The Bertz CT molecular complexity index is 624. The summed E-state index contributed by atoms with van der Waals surface area (Å²) in [4.78, 5) is 25.6. The molecule has 0 spiro atoms. The van der Waals surface area contributed by atoms with E-state index < -0.39 is 29.5 Å². The number of carbonyl (C=O) groups is 1. The fourth-order valence-corrected chi connectivity index (χ4v) is 2.78. The maximum absolute atomic E-state index is 13.9. The van der Waals surface area contributed by atoms with Gasteiger partial charge < -0.3 is 10.3 Å². The van der Waals surface area contributed by atoms with E-state index in [0.717, 1.165) is 4.57 Å². The van der Waals surface area contributed by atoms with E-state index >= 15 is 0 Å². The molecule has 1 aliphatic rings. The van der Waals surface area contributed by atoms with Crippen LogP contribution in [0.4, 0.5) is 8.78 Å². The summed E-state index contributed by atoms with van der Waals surface area (Å²) in [7, 11) is 0. The second-order valence-corrected chi connectivity index (χ2v) is 6.56. The summed E-state index contributed by atoms with van der Waals surface area (Å²) in [5.41, 5.74) is 5.14. The second-order valence-electron chi connectivity index (χ2n) is 6.56. The number of pyridine rings is 1. The van der Waals surface area contributed by atoms with Gasteiger partial charge in [-0.15, -0.1) is 0 Å². The monoisotopic (exact) mass is 327 g/mol. The summed E-state index contributed by atoms with van der Waals surface area (Å²) in [5, 5.41) is 0. The zero-order valence-corrected chi connectivity index (χ0v) is 13.5. The number of hydrogen-bond donors (Lipinski definition) is 1. The molecule has 1 fully saturated rings. The third-order valence-corrected chi connectivity index (χ3v) is 4.04.